The predicted octanol–water partition coefficient (Wildman–Crippen LogP) is 0.959. The summed E-state index contributed by atoms with van der Waals surface area (Å²) in [4.78, 5) is 14.9. The summed E-state index contributed by atoms with van der Waals surface area (Å²) in [7, 11) is 0. The summed E-state index contributed by atoms with van der Waals surface area (Å²) in [5.41, 5.74) is 5.68. The number of hydrogen-bond acceptors (Lipinski definition) is 3. The number of nitrogens with zero attached hydrogens (tertiary/aromatic N) is 1. The first kappa shape index (κ1) is 7.34. The Labute approximate surface area is 69.8 Å². The van der Waals surface area contributed by atoms with Gasteiger partial charge in [-0.05, 0) is 19.8 Å². The highest BCUT2D eigenvalue weighted by Crippen LogP contribution is 2.39. The molecule has 1 aliphatic carbocycles. The second kappa shape index (κ2) is 2.33. The third-order valence-corrected chi connectivity index (χ3v) is 1.96. The summed E-state index contributed by atoms with van der Waals surface area (Å²) in [5.74, 6) is 0.766. The number of amides is 1. The third-order valence-electron chi connectivity index (χ3n) is 1.96. The molecular weight excluding hydrogens is 156 g/mol. The fourth-order valence-electron chi connectivity index (χ4n) is 1.15. The van der Waals surface area contributed by atoms with Crippen LogP contribution in [0.15, 0.2) is 4.42 Å². The second-order valence-corrected chi connectivity index (χ2v) is 3.11. The van der Waals surface area contributed by atoms with Gasteiger partial charge in [-0.15, -0.1) is 0 Å². The van der Waals surface area contributed by atoms with Crippen molar-refractivity contribution in [1.82, 2.24) is 4.98 Å². The zero-order valence-electron chi connectivity index (χ0n) is 6.83. The second-order valence-electron chi connectivity index (χ2n) is 3.11. The van der Waals surface area contributed by atoms with Crippen molar-refractivity contribution in [2.24, 2.45) is 5.73 Å². The van der Waals surface area contributed by atoms with Crippen LogP contribution in [-0.4, -0.2) is 10.9 Å². The lowest BCUT2D eigenvalue weighted by molar-refractivity contribution is 0.0971. The quantitative estimate of drug-likeness (QED) is 0.711. The van der Waals surface area contributed by atoms with Crippen LogP contribution in [0, 0.1) is 6.92 Å². The summed E-state index contributed by atoms with van der Waals surface area (Å²) in [6.07, 6.45) is 2.22. The first-order valence-electron chi connectivity index (χ1n) is 3.95. The number of aryl methyl sites for hydroxylation is 1. The molecule has 1 aromatic rings. The molecule has 0 aliphatic heterocycles. The van der Waals surface area contributed by atoms with Gasteiger partial charge in [0, 0.05) is 5.92 Å². The molecule has 1 aliphatic rings. The monoisotopic (exact) mass is 166 g/mol. The molecular formula is C8H10N2O2. The van der Waals surface area contributed by atoms with Gasteiger partial charge in [-0.3, -0.25) is 4.79 Å². The van der Waals surface area contributed by atoms with Crippen LogP contribution in [0.4, 0.5) is 0 Å². The minimum atomic E-state index is -0.535. The van der Waals surface area contributed by atoms with Crippen LogP contribution >= 0.6 is 0 Å². The van der Waals surface area contributed by atoms with Gasteiger partial charge in [-0.25, -0.2) is 4.98 Å². The highest BCUT2D eigenvalue weighted by atomic mass is 16.4. The van der Waals surface area contributed by atoms with Crippen molar-refractivity contribution in [1.29, 1.82) is 0 Å². The normalized spacial score (nSPS) is 16.4. The molecule has 1 aromatic heterocycles. The molecule has 1 heterocycles. The van der Waals surface area contributed by atoms with E-state index in [9.17, 15) is 4.79 Å². The Hall–Kier alpha value is -1.32. The number of primary amides is 1. The Kier molecular flexibility index (Phi) is 1.43. The fourth-order valence-corrected chi connectivity index (χ4v) is 1.15. The Balaban J connectivity index is 2.36. The molecule has 0 radical (unpaired) electrons. The van der Waals surface area contributed by atoms with Gasteiger partial charge < -0.3 is 10.2 Å². The summed E-state index contributed by atoms with van der Waals surface area (Å²) in [5, 5.41) is 0. The van der Waals surface area contributed by atoms with Gasteiger partial charge in [-0.1, -0.05) is 0 Å². The lowest BCUT2D eigenvalue weighted by atomic mass is 10.4. The highest BCUT2D eigenvalue weighted by Gasteiger charge is 2.30. The maximum absolute atomic E-state index is 10.8. The molecule has 4 heteroatoms. The molecule has 12 heavy (non-hydrogen) atoms. The summed E-state index contributed by atoms with van der Waals surface area (Å²) in [6.45, 7) is 1.73. The number of oxazole rings is 1. The Morgan fingerprint density at radius 2 is 2.33 bits per heavy atom. The van der Waals surface area contributed by atoms with Gasteiger partial charge in [-0.2, -0.15) is 0 Å². The lowest BCUT2D eigenvalue weighted by Gasteiger charge is -1.86. The zero-order valence-corrected chi connectivity index (χ0v) is 6.83. The van der Waals surface area contributed by atoms with Crippen LogP contribution in [-0.2, 0) is 0 Å². The predicted molar refractivity (Wildman–Crippen MR) is 41.7 cm³/mol. The average Bonchev–Trinajstić information content (AvgIpc) is 2.75. The minimum absolute atomic E-state index is 0.205. The van der Waals surface area contributed by atoms with Crippen LogP contribution < -0.4 is 5.73 Å². The summed E-state index contributed by atoms with van der Waals surface area (Å²) in [6, 6.07) is 0. The van der Waals surface area contributed by atoms with E-state index >= 15 is 0 Å². The van der Waals surface area contributed by atoms with E-state index in [1.165, 1.54) is 0 Å². The van der Waals surface area contributed by atoms with Crippen molar-refractivity contribution in [2.75, 3.05) is 0 Å². The molecule has 1 amide bonds. The van der Waals surface area contributed by atoms with E-state index in [0.717, 1.165) is 12.8 Å². The topological polar surface area (TPSA) is 69.1 Å². The minimum Gasteiger partial charge on any atom is -0.435 e. The van der Waals surface area contributed by atoms with E-state index in [1.807, 2.05) is 0 Å². The Morgan fingerprint density at radius 1 is 1.67 bits per heavy atom. The summed E-state index contributed by atoms with van der Waals surface area (Å²) >= 11 is 0. The molecule has 0 aromatic carbocycles. The van der Waals surface area contributed by atoms with Crippen LogP contribution in [0.3, 0.4) is 0 Å². The number of aromatic nitrogens is 1. The fraction of sp³-hybridized carbons (Fsp3) is 0.500. The molecule has 4 nitrogen and oxygen atoms in total. The maximum Gasteiger partial charge on any atom is 0.286 e. The van der Waals surface area contributed by atoms with Gasteiger partial charge in [0.25, 0.3) is 5.91 Å². The van der Waals surface area contributed by atoms with E-state index in [1.54, 1.807) is 6.92 Å². The van der Waals surface area contributed by atoms with Crippen LogP contribution in [0.5, 0.6) is 0 Å². The number of carbonyl (C=O) groups excluding carboxylic acids is 1. The van der Waals surface area contributed by atoms with Crippen molar-refractivity contribution in [3.63, 3.8) is 0 Å². The van der Waals surface area contributed by atoms with Gasteiger partial charge in [0.15, 0.2) is 5.89 Å². The van der Waals surface area contributed by atoms with E-state index in [2.05, 4.69) is 4.98 Å². The molecule has 0 bridgehead atoms. The SMILES string of the molecule is Cc1nc(C2CC2)oc1C(N)=O. The third kappa shape index (κ3) is 1.09. The zero-order chi connectivity index (χ0) is 8.72. The first-order valence-corrected chi connectivity index (χ1v) is 3.95. The number of carbonyl (C=O) groups is 1. The maximum atomic E-state index is 10.8. The Morgan fingerprint density at radius 3 is 2.75 bits per heavy atom. The van der Waals surface area contributed by atoms with E-state index < -0.39 is 5.91 Å². The van der Waals surface area contributed by atoms with Gasteiger partial charge in [0.05, 0.1) is 5.69 Å². The van der Waals surface area contributed by atoms with Crippen molar-refractivity contribution in [3.05, 3.63) is 17.3 Å². The first-order chi connectivity index (χ1) is 5.68. The Bertz CT molecular complexity index is 326. The molecule has 0 atom stereocenters. The van der Waals surface area contributed by atoms with Gasteiger partial charge >= 0.3 is 0 Å². The molecule has 0 spiro atoms. The number of hydrogen-bond donors (Lipinski definition) is 1. The van der Waals surface area contributed by atoms with Crippen LogP contribution in [0.25, 0.3) is 0 Å². The highest BCUT2D eigenvalue weighted by molar-refractivity contribution is 5.90. The number of rotatable bonds is 2. The standard InChI is InChI=1S/C8H10N2O2/c1-4-6(7(9)11)12-8(10-4)5-2-3-5/h5H,2-3H2,1H3,(H2,9,11). The summed E-state index contributed by atoms with van der Waals surface area (Å²) < 4.78 is 5.21. The molecule has 1 fully saturated rings. The molecule has 0 saturated heterocycles. The van der Waals surface area contributed by atoms with Crippen molar-refractivity contribution in [3.8, 4) is 0 Å². The van der Waals surface area contributed by atoms with Gasteiger partial charge in [0.2, 0.25) is 5.76 Å². The lowest BCUT2D eigenvalue weighted by Crippen LogP contribution is -2.10. The molecule has 2 rings (SSSR count). The molecule has 2 N–H and O–H groups in total. The number of nitrogens with two attached hydrogens (primary N) is 1. The average molecular weight is 166 g/mol. The van der Waals surface area contributed by atoms with Crippen LogP contribution in [0.2, 0.25) is 0 Å². The molecule has 1 saturated carbocycles. The largest absolute Gasteiger partial charge is 0.435 e. The molecule has 64 valence electrons. The van der Waals surface area contributed by atoms with E-state index in [4.69, 9.17) is 10.2 Å². The van der Waals surface area contributed by atoms with E-state index in [-0.39, 0.29) is 5.76 Å². The van der Waals surface area contributed by atoms with Gasteiger partial charge in [0.1, 0.15) is 0 Å². The smallest absolute Gasteiger partial charge is 0.286 e. The van der Waals surface area contributed by atoms with Crippen molar-refractivity contribution < 1.29 is 9.21 Å². The van der Waals surface area contributed by atoms with Crippen molar-refractivity contribution in [2.45, 2.75) is 25.7 Å². The van der Waals surface area contributed by atoms with Crippen molar-refractivity contribution >= 4 is 5.91 Å². The van der Waals surface area contributed by atoms with E-state index in [0.29, 0.717) is 17.5 Å². The van der Waals surface area contributed by atoms with Crippen LogP contribution in [0.1, 0.15) is 40.9 Å². The molecule has 0 unspecified atom stereocenters.